The number of rotatable bonds is 10. The number of aliphatic hydroxyl groups is 1. The largest absolute Gasteiger partial charge is 0.384 e. The van der Waals surface area contributed by atoms with E-state index in [-0.39, 0.29) is 23.9 Å². The molecule has 0 saturated heterocycles. The van der Waals surface area contributed by atoms with E-state index < -0.39 is 11.6 Å². The van der Waals surface area contributed by atoms with E-state index in [1.165, 1.54) is 30.4 Å². The van der Waals surface area contributed by atoms with Crippen molar-refractivity contribution in [3.63, 3.8) is 0 Å². The number of carbonyl (C=O) groups is 2. The van der Waals surface area contributed by atoms with Crippen molar-refractivity contribution in [1.82, 2.24) is 15.6 Å². The number of carbonyl (C=O) groups excluding carboxylic acids is 2. The van der Waals surface area contributed by atoms with E-state index in [0.29, 0.717) is 33.6 Å². The third kappa shape index (κ3) is 6.96. The number of hydrogen-bond acceptors (Lipinski definition) is 6. The molecule has 0 aromatic carbocycles. The number of halogens is 1. The minimum absolute atomic E-state index is 0.0628. The molecule has 2 amide bonds. The Bertz CT molecular complexity index is 1060. The van der Waals surface area contributed by atoms with Gasteiger partial charge in [0.25, 0.3) is 5.91 Å². The predicted molar refractivity (Wildman–Crippen MR) is 140 cm³/mol. The molecule has 0 aliphatic heterocycles. The van der Waals surface area contributed by atoms with E-state index >= 15 is 0 Å². The van der Waals surface area contributed by atoms with Crippen molar-refractivity contribution >= 4 is 40.4 Å². The minimum atomic E-state index is -1.14. The molecule has 7 nitrogen and oxygen atoms in total. The van der Waals surface area contributed by atoms with Crippen molar-refractivity contribution < 1.29 is 14.7 Å². The fourth-order valence-corrected chi connectivity index (χ4v) is 5.69. The predicted octanol–water partition coefficient (Wildman–Crippen LogP) is 5.15. The summed E-state index contributed by atoms with van der Waals surface area (Å²) in [5.74, 6) is 0.209. The van der Waals surface area contributed by atoms with Gasteiger partial charge < -0.3 is 21.1 Å². The lowest BCUT2D eigenvalue weighted by molar-refractivity contribution is -0.123. The van der Waals surface area contributed by atoms with E-state index in [0.717, 1.165) is 30.6 Å². The maximum absolute atomic E-state index is 13.1. The third-order valence-corrected chi connectivity index (χ3v) is 8.15. The molecule has 0 spiro atoms. The van der Waals surface area contributed by atoms with Crippen LogP contribution < -0.4 is 16.0 Å². The van der Waals surface area contributed by atoms with E-state index in [1.807, 2.05) is 13.0 Å². The molecule has 2 aromatic heterocycles. The first-order valence-electron chi connectivity index (χ1n) is 12.5. The molecule has 2 heterocycles. The molecule has 4 N–H and O–H groups in total. The molecule has 0 radical (unpaired) electrons. The Labute approximate surface area is 216 Å². The van der Waals surface area contributed by atoms with Crippen molar-refractivity contribution in [3.05, 3.63) is 44.9 Å². The smallest absolute Gasteiger partial charge is 0.262 e. The number of thiophene rings is 1. The van der Waals surface area contributed by atoms with Crippen molar-refractivity contribution in [2.75, 3.05) is 5.32 Å². The van der Waals surface area contributed by atoms with Crippen LogP contribution >= 0.6 is 22.9 Å². The summed E-state index contributed by atoms with van der Waals surface area (Å²) in [5.41, 5.74) is 0.00710. The van der Waals surface area contributed by atoms with E-state index in [2.05, 4.69) is 20.9 Å². The Morgan fingerprint density at radius 1 is 1.23 bits per heavy atom. The monoisotopic (exact) mass is 518 g/mol. The highest BCUT2D eigenvalue weighted by Crippen LogP contribution is 2.33. The van der Waals surface area contributed by atoms with Crippen LogP contribution in [-0.2, 0) is 10.4 Å². The van der Waals surface area contributed by atoms with E-state index in [9.17, 15) is 14.7 Å². The highest BCUT2D eigenvalue weighted by atomic mass is 35.5. The van der Waals surface area contributed by atoms with Gasteiger partial charge in [0.15, 0.2) is 0 Å². The Hall–Kier alpha value is -2.16. The van der Waals surface area contributed by atoms with Crippen LogP contribution in [0, 0.1) is 5.92 Å². The Morgan fingerprint density at radius 3 is 2.60 bits per heavy atom. The van der Waals surface area contributed by atoms with Crippen molar-refractivity contribution in [1.29, 1.82) is 0 Å². The highest BCUT2D eigenvalue weighted by Gasteiger charge is 2.31. The summed E-state index contributed by atoms with van der Waals surface area (Å²) in [4.78, 5) is 31.8. The van der Waals surface area contributed by atoms with Gasteiger partial charge in [-0.25, -0.2) is 0 Å². The standard InChI is InChI=1S/C26H35ClN4O3S/c1-15(29-19-13-17(27)14-28-23(19)26(2,3)34)21-10-11-22(35-21)25(33)31-20(12-16-6-4-5-7-16)24(32)30-18-8-9-18/h10-11,13-16,18,20,29,34H,4-9,12H2,1-3H3,(H,30,32)(H,31,33)/t15-,20+/m1/s1. The SMILES string of the molecule is C[C@@H](Nc1cc(Cl)cnc1C(C)(C)O)c1ccc(C(=O)N[C@@H](CC2CCCC2)C(=O)NC2CC2)s1. The van der Waals surface area contributed by atoms with Gasteiger partial charge in [-0.1, -0.05) is 37.3 Å². The molecular weight excluding hydrogens is 484 g/mol. The molecular formula is C26H35ClN4O3S. The average molecular weight is 519 g/mol. The van der Waals surface area contributed by atoms with Gasteiger partial charge in [-0.15, -0.1) is 11.3 Å². The second-order valence-corrected chi connectivity index (χ2v) is 11.9. The summed E-state index contributed by atoms with van der Waals surface area (Å²) in [6, 6.07) is 5.07. The molecule has 2 saturated carbocycles. The molecule has 4 rings (SSSR count). The zero-order valence-corrected chi connectivity index (χ0v) is 22.1. The molecule has 0 bridgehead atoms. The molecule has 2 aromatic rings. The topological polar surface area (TPSA) is 103 Å². The molecule has 2 atom stereocenters. The van der Waals surface area contributed by atoms with E-state index in [4.69, 9.17) is 11.6 Å². The van der Waals surface area contributed by atoms with Crippen LogP contribution in [0.3, 0.4) is 0 Å². The summed E-state index contributed by atoms with van der Waals surface area (Å²) in [6.45, 7) is 5.33. The second-order valence-electron chi connectivity index (χ2n) is 10.4. The van der Waals surface area contributed by atoms with Gasteiger partial charge in [-0.3, -0.25) is 14.6 Å². The number of pyridine rings is 1. The first-order chi connectivity index (χ1) is 16.6. The third-order valence-electron chi connectivity index (χ3n) is 6.67. The summed E-state index contributed by atoms with van der Waals surface area (Å²) in [6.07, 6.45) is 8.90. The molecule has 2 aliphatic carbocycles. The van der Waals surface area contributed by atoms with E-state index in [1.54, 1.807) is 26.0 Å². The second kappa shape index (κ2) is 10.8. The summed E-state index contributed by atoms with van der Waals surface area (Å²) in [5, 5.41) is 20.4. The summed E-state index contributed by atoms with van der Waals surface area (Å²) < 4.78 is 0. The van der Waals surface area contributed by atoms with Crippen LogP contribution in [-0.4, -0.2) is 34.0 Å². The number of hydrogen-bond donors (Lipinski definition) is 4. The number of nitrogens with one attached hydrogen (secondary N) is 3. The van der Waals surface area contributed by atoms with Crippen molar-refractivity contribution in [2.24, 2.45) is 5.92 Å². The van der Waals surface area contributed by atoms with Gasteiger partial charge in [0.1, 0.15) is 11.6 Å². The van der Waals surface area contributed by atoms with Gasteiger partial charge in [0.05, 0.1) is 27.3 Å². The fraction of sp³-hybridized carbons (Fsp3) is 0.577. The quantitative estimate of drug-likeness (QED) is 0.348. The lowest BCUT2D eigenvalue weighted by Crippen LogP contribution is -2.48. The van der Waals surface area contributed by atoms with Crippen LogP contribution in [0.5, 0.6) is 0 Å². The van der Waals surface area contributed by atoms with Crippen molar-refractivity contribution in [2.45, 2.75) is 89.4 Å². The van der Waals surface area contributed by atoms with Crippen LogP contribution in [0.2, 0.25) is 5.02 Å². The van der Waals surface area contributed by atoms with Gasteiger partial charge >= 0.3 is 0 Å². The highest BCUT2D eigenvalue weighted by molar-refractivity contribution is 7.14. The molecule has 2 fully saturated rings. The van der Waals surface area contributed by atoms with Crippen LogP contribution in [0.4, 0.5) is 5.69 Å². The first-order valence-corrected chi connectivity index (χ1v) is 13.7. The molecule has 35 heavy (non-hydrogen) atoms. The molecule has 2 aliphatic rings. The van der Waals surface area contributed by atoms with Crippen molar-refractivity contribution in [3.8, 4) is 0 Å². The van der Waals surface area contributed by atoms with Crippen LogP contribution in [0.1, 0.15) is 92.0 Å². The maximum atomic E-state index is 13.1. The Balaban J connectivity index is 1.43. The van der Waals surface area contributed by atoms with Gasteiger partial charge in [-0.2, -0.15) is 0 Å². The lowest BCUT2D eigenvalue weighted by atomic mass is 9.97. The Morgan fingerprint density at radius 2 is 1.94 bits per heavy atom. The zero-order chi connectivity index (χ0) is 25.2. The Kier molecular flexibility index (Phi) is 8.03. The fourth-order valence-electron chi connectivity index (χ4n) is 4.62. The lowest BCUT2D eigenvalue weighted by Gasteiger charge is -2.23. The summed E-state index contributed by atoms with van der Waals surface area (Å²) >= 11 is 7.53. The molecule has 9 heteroatoms. The number of nitrogens with zero attached hydrogens (tertiary/aromatic N) is 1. The number of amides is 2. The normalized spacial score (nSPS) is 18.2. The molecule has 0 unspecified atom stereocenters. The van der Waals surface area contributed by atoms with Crippen LogP contribution in [0.15, 0.2) is 24.4 Å². The zero-order valence-electron chi connectivity index (χ0n) is 20.6. The minimum Gasteiger partial charge on any atom is -0.384 e. The number of aromatic nitrogens is 1. The number of anilines is 1. The van der Waals surface area contributed by atoms with Gasteiger partial charge in [-0.05, 0) is 64.2 Å². The maximum Gasteiger partial charge on any atom is 0.262 e. The summed E-state index contributed by atoms with van der Waals surface area (Å²) in [7, 11) is 0. The average Bonchev–Trinajstić information content (AvgIpc) is 3.24. The molecule has 190 valence electrons. The first kappa shape index (κ1) is 25.9. The van der Waals surface area contributed by atoms with Gasteiger partial charge in [0, 0.05) is 17.1 Å². The van der Waals surface area contributed by atoms with Gasteiger partial charge in [0.2, 0.25) is 5.91 Å². The van der Waals surface area contributed by atoms with Crippen LogP contribution in [0.25, 0.3) is 0 Å².